The molecular weight excluding hydrogens is 376 g/mol. The number of alkyl halides is 1. The van der Waals surface area contributed by atoms with Gasteiger partial charge in [-0.05, 0) is 32.0 Å². The van der Waals surface area contributed by atoms with Crippen molar-refractivity contribution in [2.75, 3.05) is 13.7 Å². The van der Waals surface area contributed by atoms with E-state index in [0.29, 0.717) is 6.61 Å². The fourth-order valence-electron chi connectivity index (χ4n) is 3.16. The summed E-state index contributed by atoms with van der Waals surface area (Å²) in [7, 11) is -0.0817. The third-order valence-electron chi connectivity index (χ3n) is 5.97. The van der Waals surface area contributed by atoms with Crippen molar-refractivity contribution in [3.63, 3.8) is 0 Å². The molecule has 2 heterocycles. The molecule has 0 bridgehead atoms. The molecule has 23 heavy (non-hydrogen) atoms. The molecule has 0 spiro atoms. The van der Waals surface area contributed by atoms with E-state index in [1.807, 2.05) is 0 Å². The fourth-order valence-corrected chi connectivity index (χ4v) is 4.84. The van der Waals surface area contributed by atoms with Gasteiger partial charge in [0.2, 0.25) is 0 Å². The Bertz CT molecular complexity index is 452. The predicted molar refractivity (Wildman–Crippen MR) is 98.6 cm³/mol. The Hall–Kier alpha value is 0.537. The van der Waals surface area contributed by atoms with Gasteiger partial charge in [-0.15, -0.1) is 0 Å². The molecule has 0 saturated carbocycles. The number of epoxide rings is 1. The van der Waals surface area contributed by atoms with Crippen LogP contribution in [0.5, 0.6) is 0 Å². The Kier molecular flexibility index (Phi) is 5.23. The second-order valence-corrected chi connectivity index (χ2v) is 14.8. The van der Waals surface area contributed by atoms with Crippen LogP contribution in [0.2, 0.25) is 18.1 Å². The molecule has 0 unspecified atom stereocenters. The zero-order valence-electron chi connectivity index (χ0n) is 16.0. The van der Waals surface area contributed by atoms with Gasteiger partial charge in [-0.1, -0.05) is 43.6 Å². The van der Waals surface area contributed by atoms with Crippen LogP contribution in [-0.4, -0.2) is 50.5 Å². The number of halogens is 1. The van der Waals surface area contributed by atoms with Crippen LogP contribution in [0.1, 0.15) is 41.5 Å². The van der Waals surface area contributed by atoms with Gasteiger partial charge in [-0.3, -0.25) is 0 Å². The maximum absolute atomic E-state index is 6.38. The lowest BCUT2D eigenvalue weighted by Gasteiger charge is -2.37. The highest BCUT2D eigenvalue weighted by Crippen LogP contribution is 2.54. The minimum absolute atomic E-state index is 0.0201. The molecule has 0 aromatic heterocycles. The van der Waals surface area contributed by atoms with Gasteiger partial charge in [0, 0.05) is 13.0 Å². The molecule has 2 saturated heterocycles. The van der Waals surface area contributed by atoms with Crippen molar-refractivity contribution >= 4 is 24.2 Å². The fraction of sp³-hybridized carbons (Fsp3) is 1.00. The van der Waals surface area contributed by atoms with Crippen molar-refractivity contribution < 1.29 is 18.6 Å². The van der Waals surface area contributed by atoms with Crippen molar-refractivity contribution in [1.82, 2.24) is 0 Å². The molecule has 2 fully saturated rings. The van der Waals surface area contributed by atoms with Crippen molar-refractivity contribution in [3.05, 3.63) is 0 Å². The SMILES string of the molecule is CO[C@@H]1O[C@@](C)([C@@H]2O[C@@]2(C)CO[Si](C)(C)C(C)(C)C)[C@H](Br)[C@H]1C. The third kappa shape index (κ3) is 3.44. The molecule has 0 aromatic carbocycles. The number of ether oxygens (including phenoxy) is 3. The van der Waals surface area contributed by atoms with Crippen LogP contribution in [0.3, 0.4) is 0 Å². The average molecular weight is 409 g/mol. The number of hydrogen-bond acceptors (Lipinski definition) is 4. The minimum Gasteiger partial charge on any atom is -0.414 e. The maximum atomic E-state index is 6.38. The summed E-state index contributed by atoms with van der Waals surface area (Å²) in [6, 6.07) is 0. The molecule has 0 aromatic rings. The van der Waals surface area contributed by atoms with Crippen LogP contribution >= 0.6 is 15.9 Å². The van der Waals surface area contributed by atoms with Gasteiger partial charge < -0.3 is 18.6 Å². The molecule has 2 aliphatic rings. The topological polar surface area (TPSA) is 40.2 Å². The first kappa shape index (κ1) is 19.9. The second-order valence-electron chi connectivity index (χ2n) is 9.03. The van der Waals surface area contributed by atoms with E-state index in [9.17, 15) is 0 Å². The highest BCUT2D eigenvalue weighted by molar-refractivity contribution is 9.09. The van der Waals surface area contributed by atoms with Gasteiger partial charge in [-0.2, -0.15) is 0 Å². The zero-order chi connectivity index (χ0) is 17.8. The predicted octanol–water partition coefficient (Wildman–Crippen LogP) is 4.33. The van der Waals surface area contributed by atoms with Crippen LogP contribution in [0, 0.1) is 5.92 Å². The summed E-state index contributed by atoms with van der Waals surface area (Å²) in [5, 5.41) is 0.203. The van der Waals surface area contributed by atoms with Gasteiger partial charge in [0.1, 0.15) is 17.3 Å². The lowest BCUT2D eigenvalue weighted by atomic mass is 9.88. The Morgan fingerprint density at radius 2 is 1.74 bits per heavy atom. The molecule has 0 aliphatic carbocycles. The highest BCUT2D eigenvalue weighted by atomic mass is 79.9. The largest absolute Gasteiger partial charge is 0.414 e. The summed E-state index contributed by atoms with van der Waals surface area (Å²) >= 11 is 3.80. The summed E-state index contributed by atoms with van der Waals surface area (Å²) < 4.78 is 24.1. The van der Waals surface area contributed by atoms with Gasteiger partial charge in [0.05, 0.1) is 11.4 Å². The Labute approximate surface area is 150 Å². The summed E-state index contributed by atoms with van der Waals surface area (Å²) in [4.78, 5) is 0.194. The summed E-state index contributed by atoms with van der Waals surface area (Å²) in [6.07, 6.45) is -0.175. The van der Waals surface area contributed by atoms with Crippen LogP contribution in [0.25, 0.3) is 0 Å². The van der Waals surface area contributed by atoms with E-state index in [0.717, 1.165) is 0 Å². The second kappa shape index (κ2) is 6.06. The van der Waals surface area contributed by atoms with E-state index >= 15 is 0 Å². The quantitative estimate of drug-likeness (QED) is 0.385. The normalized spacial score (nSPS) is 44.6. The number of rotatable bonds is 5. The molecular formula is C17H33BrO4Si. The van der Waals surface area contributed by atoms with E-state index in [2.05, 4.69) is 70.6 Å². The summed E-state index contributed by atoms with van der Waals surface area (Å²) in [6.45, 7) is 18.3. The molecule has 2 rings (SSSR count). The van der Waals surface area contributed by atoms with E-state index in [1.165, 1.54) is 0 Å². The highest BCUT2D eigenvalue weighted by Gasteiger charge is 2.68. The number of methoxy groups -OCH3 is 1. The van der Waals surface area contributed by atoms with Crippen molar-refractivity contribution in [2.45, 2.75) is 88.1 Å². The van der Waals surface area contributed by atoms with Gasteiger partial charge in [-0.25, -0.2) is 0 Å². The molecule has 0 amide bonds. The smallest absolute Gasteiger partial charge is 0.192 e. The number of hydrogen-bond donors (Lipinski definition) is 0. The Balaban J connectivity index is 2.03. The molecule has 0 radical (unpaired) electrons. The van der Waals surface area contributed by atoms with Crippen LogP contribution < -0.4 is 0 Å². The molecule has 4 nitrogen and oxygen atoms in total. The maximum Gasteiger partial charge on any atom is 0.192 e. The average Bonchev–Trinajstić information content (AvgIpc) is 3.07. The minimum atomic E-state index is -1.78. The van der Waals surface area contributed by atoms with Crippen LogP contribution in [-0.2, 0) is 18.6 Å². The van der Waals surface area contributed by atoms with Crippen LogP contribution in [0.15, 0.2) is 0 Å². The van der Waals surface area contributed by atoms with E-state index in [4.69, 9.17) is 18.6 Å². The van der Waals surface area contributed by atoms with Crippen molar-refractivity contribution in [3.8, 4) is 0 Å². The summed E-state index contributed by atoms with van der Waals surface area (Å²) in [5.41, 5.74) is -0.676. The van der Waals surface area contributed by atoms with Crippen molar-refractivity contribution in [2.24, 2.45) is 5.92 Å². The zero-order valence-corrected chi connectivity index (χ0v) is 18.6. The Morgan fingerprint density at radius 1 is 1.17 bits per heavy atom. The lowest BCUT2D eigenvalue weighted by Crippen LogP contribution is -2.46. The van der Waals surface area contributed by atoms with Gasteiger partial charge in [0.25, 0.3) is 0 Å². The first-order valence-electron chi connectivity index (χ1n) is 8.45. The first-order valence-corrected chi connectivity index (χ1v) is 12.3. The third-order valence-corrected chi connectivity index (χ3v) is 12.2. The molecule has 6 atom stereocenters. The lowest BCUT2D eigenvalue weighted by molar-refractivity contribution is -0.164. The molecule has 136 valence electrons. The van der Waals surface area contributed by atoms with E-state index in [1.54, 1.807) is 7.11 Å². The standard InChI is InChI=1S/C17H33BrO4Si/c1-11-12(18)17(6,21-13(11)19-7)14-16(5,22-14)10-20-23(8,9)15(2,3)4/h11-14H,10H2,1-9H3/t11-,12-,13-,14-,16+,17-/m1/s1. The molecule has 2 aliphatic heterocycles. The van der Waals surface area contributed by atoms with Crippen molar-refractivity contribution in [1.29, 1.82) is 0 Å². The first-order chi connectivity index (χ1) is 10.3. The summed E-state index contributed by atoms with van der Waals surface area (Å²) in [5.74, 6) is 0.278. The Morgan fingerprint density at radius 3 is 2.17 bits per heavy atom. The van der Waals surface area contributed by atoms with E-state index in [-0.39, 0.29) is 33.8 Å². The molecule has 6 heteroatoms. The monoisotopic (exact) mass is 408 g/mol. The van der Waals surface area contributed by atoms with Crippen LogP contribution in [0.4, 0.5) is 0 Å². The van der Waals surface area contributed by atoms with Gasteiger partial charge in [0.15, 0.2) is 14.6 Å². The van der Waals surface area contributed by atoms with E-state index < -0.39 is 13.9 Å². The van der Waals surface area contributed by atoms with Gasteiger partial charge >= 0.3 is 0 Å². The molecule has 0 N–H and O–H groups in total.